The summed E-state index contributed by atoms with van der Waals surface area (Å²) in [5.74, 6) is 0. The van der Waals surface area contributed by atoms with E-state index in [-0.39, 0.29) is 0 Å². The largest absolute Gasteiger partial charge is 0.303 e. The molecule has 0 aliphatic carbocycles. The maximum atomic E-state index is 2.60. The second kappa shape index (κ2) is 3.09. The van der Waals surface area contributed by atoms with Gasteiger partial charge < -0.3 is 4.90 Å². The molecule has 3 fully saturated rings. The molecule has 1 aromatic carbocycles. The highest BCUT2D eigenvalue weighted by Gasteiger charge is 2.40. The van der Waals surface area contributed by atoms with Crippen molar-refractivity contribution in [3.05, 3.63) is 35.9 Å². The van der Waals surface area contributed by atoms with Crippen molar-refractivity contribution in [1.29, 1.82) is 0 Å². The summed E-state index contributed by atoms with van der Waals surface area (Å²) >= 11 is 0. The zero-order chi connectivity index (χ0) is 9.43. The minimum Gasteiger partial charge on any atom is -0.303 e. The van der Waals surface area contributed by atoms with Crippen LogP contribution in [0.15, 0.2) is 30.3 Å². The summed E-state index contributed by atoms with van der Waals surface area (Å²) < 4.78 is 0. The van der Waals surface area contributed by atoms with Crippen LogP contribution >= 0.6 is 0 Å². The van der Waals surface area contributed by atoms with E-state index < -0.39 is 0 Å². The monoisotopic (exact) mass is 187 g/mol. The number of hydrogen-bond acceptors (Lipinski definition) is 1. The lowest BCUT2D eigenvalue weighted by molar-refractivity contribution is 0.0818. The van der Waals surface area contributed by atoms with Crippen LogP contribution in [0.5, 0.6) is 0 Å². The Morgan fingerprint density at radius 3 is 2.00 bits per heavy atom. The van der Waals surface area contributed by atoms with E-state index in [1.807, 2.05) is 0 Å². The van der Waals surface area contributed by atoms with Crippen LogP contribution in [0.25, 0.3) is 0 Å². The summed E-state index contributed by atoms with van der Waals surface area (Å²) in [6.07, 6.45) is 4.12. The minimum atomic E-state index is 0.538. The Morgan fingerprint density at radius 2 is 1.43 bits per heavy atom. The van der Waals surface area contributed by atoms with Gasteiger partial charge in [0.15, 0.2) is 0 Å². The van der Waals surface area contributed by atoms with E-state index >= 15 is 0 Å². The summed E-state index contributed by atoms with van der Waals surface area (Å²) in [5, 5.41) is 0. The van der Waals surface area contributed by atoms with Crippen molar-refractivity contribution in [2.45, 2.75) is 24.7 Å². The number of hydrogen-bond donors (Lipinski definition) is 0. The Kier molecular flexibility index (Phi) is 1.88. The molecule has 0 aromatic heterocycles. The van der Waals surface area contributed by atoms with Crippen molar-refractivity contribution in [1.82, 2.24) is 4.90 Å². The zero-order valence-electron chi connectivity index (χ0n) is 8.58. The van der Waals surface area contributed by atoms with Crippen LogP contribution < -0.4 is 0 Å². The second-order valence-electron chi connectivity index (χ2n) is 4.74. The maximum absolute atomic E-state index is 2.60. The van der Waals surface area contributed by atoms with Gasteiger partial charge in [0.05, 0.1) is 0 Å². The molecule has 3 aliphatic rings. The van der Waals surface area contributed by atoms with E-state index in [2.05, 4.69) is 35.2 Å². The van der Waals surface area contributed by atoms with Gasteiger partial charge >= 0.3 is 0 Å². The van der Waals surface area contributed by atoms with Gasteiger partial charge in [-0.05, 0) is 49.9 Å². The second-order valence-corrected chi connectivity index (χ2v) is 4.74. The van der Waals surface area contributed by atoms with Crippen molar-refractivity contribution in [3.8, 4) is 0 Å². The van der Waals surface area contributed by atoms with Gasteiger partial charge in [-0.3, -0.25) is 0 Å². The Balaban J connectivity index is 1.96. The highest BCUT2D eigenvalue weighted by atomic mass is 15.1. The van der Waals surface area contributed by atoms with Gasteiger partial charge in [0, 0.05) is 0 Å². The van der Waals surface area contributed by atoms with Crippen molar-refractivity contribution in [2.75, 3.05) is 19.6 Å². The Hall–Kier alpha value is -0.820. The van der Waals surface area contributed by atoms with E-state index in [0.717, 1.165) is 0 Å². The maximum Gasteiger partial charge on any atom is -0.00102 e. The molecule has 0 spiro atoms. The standard InChI is InChI=1S/C13H17N/c1-2-4-12(5-3-1)13-6-9-14(10-7-13)11-8-13/h1-5H,6-11H2. The Bertz CT molecular complexity index is 295. The third-order valence-electron chi connectivity index (χ3n) is 4.11. The summed E-state index contributed by atoms with van der Waals surface area (Å²) in [6.45, 7) is 3.94. The fourth-order valence-corrected chi connectivity index (χ4v) is 3.05. The van der Waals surface area contributed by atoms with Crippen LogP contribution in [-0.2, 0) is 5.41 Å². The Morgan fingerprint density at radius 1 is 0.857 bits per heavy atom. The molecule has 1 nitrogen and oxygen atoms in total. The van der Waals surface area contributed by atoms with Crippen LogP contribution in [-0.4, -0.2) is 24.5 Å². The number of benzene rings is 1. The molecule has 0 saturated carbocycles. The van der Waals surface area contributed by atoms with E-state index in [1.54, 1.807) is 5.56 Å². The summed E-state index contributed by atoms with van der Waals surface area (Å²) in [6, 6.07) is 11.1. The van der Waals surface area contributed by atoms with Crippen LogP contribution in [0.2, 0.25) is 0 Å². The first-order chi connectivity index (χ1) is 6.89. The molecule has 0 atom stereocenters. The van der Waals surface area contributed by atoms with Gasteiger partial charge in [0.2, 0.25) is 0 Å². The molecule has 3 saturated heterocycles. The average molecular weight is 187 g/mol. The van der Waals surface area contributed by atoms with Gasteiger partial charge in [-0.1, -0.05) is 30.3 Å². The number of piperidine rings is 3. The molecule has 4 rings (SSSR count). The van der Waals surface area contributed by atoms with Crippen LogP contribution in [0, 0.1) is 0 Å². The molecule has 74 valence electrons. The smallest absolute Gasteiger partial charge is 0.00102 e. The highest BCUT2D eigenvalue weighted by Crippen LogP contribution is 2.42. The molecule has 0 amide bonds. The molecule has 14 heavy (non-hydrogen) atoms. The predicted octanol–water partition coefficient (Wildman–Crippen LogP) is 2.42. The molecule has 1 heteroatoms. The first-order valence-corrected chi connectivity index (χ1v) is 5.67. The Labute approximate surface area is 85.7 Å². The van der Waals surface area contributed by atoms with Gasteiger partial charge in [0.1, 0.15) is 0 Å². The van der Waals surface area contributed by atoms with Crippen LogP contribution in [0.3, 0.4) is 0 Å². The fraction of sp³-hybridized carbons (Fsp3) is 0.538. The minimum absolute atomic E-state index is 0.538. The number of nitrogens with zero attached hydrogens (tertiary/aromatic N) is 1. The van der Waals surface area contributed by atoms with Gasteiger partial charge in [0.25, 0.3) is 0 Å². The van der Waals surface area contributed by atoms with E-state index in [4.69, 9.17) is 0 Å². The molecule has 1 aromatic rings. The molecule has 0 unspecified atom stereocenters. The van der Waals surface area contributed by atoms with E-state index in [1.165, 1.54) is 38.9 Å². The van der Waals surface area contributed by atoms with Crippen LogP contribution in [0.4, 0.5) is 0 Å². The van der Waals surface area contributed by atoms with Crippen LogP contribution in [0.1, 0.15) is 24.8 Å². The van der Waals surface area contributed by atoms with Gasteiger partial charge in [-0.15, -0.1) is 0 Å². The molecule has 3 heterocycles. The van der Waals surface area contributed by atoms with E-state index in [9.17, 15) is 0 Å². The fourth-order valence-electron chi connectivity index (χ4n) is 3.05. The number of fused-ring (bicyclic) bond motifs is 3. The first kappa shape index (κ1) is 8.49. The normalized spacial score (nSPS) is 35.9. The highest BCUT2D eigenvalue weighted by molar-refractivity contribution is 5.27. The summed E-state index contributed by atoms with van der Waals surface area (Å²) in [7, 11) is 0. The summed E-state index contributed by atoms with van der Waals surface area (Å²) in [4.78, 5) is 2.60. The third-order valence-corrected chi connectivity index (χ3v) is 4.11. The molecule has 0 N–H and O–H groups in total. The van der Waals surface area contributed by atoms with Crippen molar-refractivity contribution >= 4 is 0 Å². The lowest BCUT2D eigenvalue weighted by atomic mass is 9.67. The van der Waals surface area contributed by atoms with Crippen molar-refractivity contribution in [2.24, 2.45) is 0 Å². The third kappa shape index (κ3) is 1.19. The topological polar surface area (TPSA) is 3.24 Å². The van der Waals surface area contributed by atoms with Crippen molar-refractivity contribution in [3.63, 3.8) is 0 Å². The first-order valence-electron chi connectivity index (χ1n) is 5.67. The quantitative estimate of drug-likeness (QED) is 0.652. The predicted molar refractivity (Wildman–Crippen MR) is 58.4 cm³/mol. The van der Waals surface area contributed by atoms with Gasteiger partial charge in [-0.2, -0.15) is 0 Å². The lowest BCUT2D eigenvalue weighted by Gasteiger charge is -2.48. The number of rotatable bonds is 1. The zero-order valence-corrected chi connectivity index (χ0v) is 8.58. The molecule has 3 aliphatic heterocycles. The van der Waals surface area contributed by atoms with Crippen molar-refractivity contribution < 1.29 is 0 Å². The molecule has 0 radical (unpaired) electrons. The summed E-state index contributed by atoms with van der Waals surface area (Å²) in [5.41, 5.74) is 2.12. The average Bonchev–Trinajstić information content (AvgIpc) is 2.33. The molecular weight excluding hydrogens is 170 g/mol. The molecule has 2 bridgehead atoms. The SMILES string of the molecule is c1ccc(C23CCN(CC2)CC3)cc1. The lowest BCUT2D eigenvalue weighted by Crippen LogP contribution is -2.50. The van der Waals surface area contributed by atoms with Gasteiger partial charge in [-0.25, -0.2) is 0 Å². The van der Waals surface area contributed by atoms with E-state index in [0.29, 0.717) is 5.41 Å². The molecular formula is C13H17N.